The van der Waals surface area contributed by atoms with Crippen molar-refractivity contribution < 1.29 is 9.47 Å². The molecule has 1 aliphatic heterocycles. The van der Waals surface area contributed by atoms with E-state index in [1.807, 2.05) is 24.3 Å². The average molecular weight is 363 g/mol. The van der Waals surface area contributed by atoms with E-state index in [0.29, 0.717) is 12.5 Å². The fraction of sp³-hybridized carbons (Fsp3) is 0.650. The summed E-state index contributed by atoms with van der Waals surface area (Å²) in [5.41, 5.74) is 1.15. The summed E-state index contributed by atoms with van der Waals surface area (Å²) in [6.07, 6.45) is 0.201. The van der Waals surface area contributed by atoms with Crippen molar-refractivity contribution in [2.24, 2.45) is 10.9 Å². The molecule has 0 aromatic heterocycles. The average Bonchev–Trinajstić information content (AvgIpc) is 2.64. The summed E-state index contributed by atoms with van der Waals surface area (Å²) in [5.74, 6) is 2.38. The van der Waals surface area contributed by atoms with Crippen LogP contribution in [0.25, 0.3) is 0 Å². The Morgan fingerprint density at radius 1 is 1.31 bits per heavy atom. The molecule has 1 fully saturated rings. The number of aliphatic imine (C=N–C) groups is 1. The van der Waals surface area contributed by atoms with Gasteiger partial charge in [-0.05, 0) is 30.5 Å². The first-order chi connectivity index (χ1) is 12.6. The quantitative estimate of drug-likeness (QED) is 0.548. The van der Waals surface area contributed by atoms with Crippen LogP contribution in [0, 0.1) is 5.92 Å². The number of hydrogen-bond donors (Lipinski definition) is 2. The van der Waals surface area contributed by atoms with Gasteiger partial charge in [-0.1, -0.05) is 26.0 Å². The molecule has 0 aliphatic carbocycles. The van der Waals surface area contributed by atoms with Gasteiger partial charge in [0.1, 0.15) is 5.75 Å². The molecule has 1 aromatic rings. The Kier molecular flexibility index (Phi) is 8.71. The number of nitrogens with one attached hydrogen (secondary N) is 2. The van der Waals surface area contributed by atoms with E-state index < -0.39 is 0 Å². The molecule has 146 valence electrons. The molecule has 26 heavy (non-hydrogen) atoms. The highest BCUT2D eigenvalue weighted by molar-refractivity contribution is 5.79. The molecule has 1 atom stereocenters. The molecule has 1 aromatic carbocycles. The van der Waals surface area contributed by atoms with Crippen LogP contribution in [0.3, 0.4) is 0 Å². The Morgan fingerprint density at radius 3 is 2.73 bits per heavy atom. The zero-order valence-corrected chi connectivity index (χ0v) is 16.6. The maximum absolute atomic E-state index is 5.91. The Labute approximate surface area is 158 Å². The fourth-order valence-electron chi connectivity index (χ4n) is 3.04. The van der Waals surface area contributed by atoms with Crippen LogP contribution in [0.15, 0.2) is 29.3 Å². The van der Waals surface area contributed by atoms with Gasteiger partial charge in [-0.15, -0.1) is 0 Å². The maximum Gasteiger partial charge on any atom is 0.191 e. The number of nitrogens with zero attached hydrogens (tertiary/aromatic N) is 2. The monoisotopic (exact) mass is 362 g/mol. The third kappa shape index (κ3) is 7.22. The minimum Gasteiger partial charge on any atom is -0.497 e. The zero-order chi connectivity index (χ0) is 18.8. The normalized spacial score (nSPS) is 18.8. The van der Waals surface area contributed by atoms with Gasteiger partial charge in [0, 0.05) is 32.7 Å². The molecular formula is C20H34N4O2. The van der Waals surface area contributed by atoms with E-state index >= 15 is 0 Å². The van der Waals surface area contributed by atoms with Crippen LogP contribution in [0.2, 0.25) is 0 Å². The first-order valence-electron chi connectivity index (χ1n) is 9.59. The van der Waals surface area contributed by atoms with Gasteiger partial charge in [-0.2, -0.15) is 0 Å². The first kappa shape index (κ1) is 20.5. The van der Waals surface area contributed by atoms with E-state index in [-0.39, 0.29) is 6.10 Å². The molecule has 0 saturated carbocycles. The van der Waals surface area contributed by atoms with E-state index in [1.165, 1.54) is 0 Å². The predicted molar refractivity (Wildman–Crippen MR) is 107 cm³/mol. The zero-order valence-electron chi connectivity index (χ0n) is 16.6. The summed E-state index contributed by atoms with van der Waals surface area (Å²) >= 11 is 0. The van der Waals surface area contributed by atoms with Crippen molar-refractivity contribution in [1.82, 2.24) is 15.5 Å². The summed E-state index contributed by atoms with van der Waals surface area (Å²) in [7, 11) is 1.68. The van der Waals surface area contributed by atoms with Crippen molar-refractivity contribution in [1.29, 1.82) is 0 Å². The Morgan fingerprint density at radius 2 is 2.08 bits per heavy atom. The molecular weight excluding hydrogens is 328 g/mol. The van der Waals surface area contributed by atoms with Gasteiger partial charge < -0.3 is 20.1 Å². The van der Waals surface area contributed by atoms with Crippen LogP contribution in [-0.2, 0) is 11.3 Å². The second-order valence-electron chi connectivity index (χ2n) is 7.07. The Hall–Kier alpha value is -1.79. The van der Waals surface area contributed by atoms with Gasteiger partial charge in [0.25, 0.3) is 0 Å². The minimum atomic E-state index is 0.201. The molecule has 2 rings (SSSR count). The molecule has 1 aliphatic rings. The number of guanidine groups is 1. The van der Waals surface area contributed by atoms with Gasteiger partial charge in [-0.3, -0.25) is 4.90 Å². The van der Waals surface area contributed by atoms with E-state index in [0.717, 1.165) is 56.6 Å². The van der Waals surface area contributed by atoms with Gasteiger partial charge in [0.2, 0.25) is 0 Å². The van der Waals surface area contributed by atoms with Crippen LogP contribution >= 0.6 is 0 Å². The highest BCUT2D eigenvalue weighted by atomic mass is 16.5. The number of ether oxygens (including phenoxy) is 2. The number of rotatable bonds is 8. The Bertz CT molecular complexity index is 545. The van der Waals surface area contributed by atoms with Crippen LogP contribution in [0.1, 0.15) is 26.3 Å². The van der Waals surface area contributed by atoms with Gasteiger partial charge >= 0.3 is 0 Å². The molecule has 6 nitrogen and oxygen atoms in total. The third-order valence-corrected chi connectivity index (χ3v) is 4.27. The van der Waals surface area contributed by atoms with Crippen LogP contribution in [-0.4, -0.2) is 63.4 Å². The van der Waals surface area contributed by atoms with Crippen molar-refractivity contribution in [2.75, 3.05) is 46.4 Å². The van der Waals surface area contributed by atoms with E-state index in [1.54, 1.807) is 7.11 Å². The topological polar surface area (TPSA) is 58.1 Å². The highest BCUT2D eigenvalue weighted by Gasteiger charge is 2.21. The molecule has 0 amide bonds. The number of hydrogen-bond acceptors (Lipinski definition) is 4. The molecule has 6 heteroatoms. The minimum absolute atomic E-state index is 0.201. The SMILES string of the molecule is CCNC(=NCc1ccc(OC)cc1)NCC1CN(CC(C)C)CCO1. The van der Waals surface area contributed by atoms with E-state index in [2.05, 4.69) is 41.3 Å². The Balaban J connectivity index is 1.84. The van der Waals surface area contributed by atoms with E-state index in [9.17, 15) is 0 Å². The summed E-state index contributed by atoms with van der Waals surface area (Å²) in [6.45, 7) is 12.8. The maximum atomic E-state index is 5.91. The van der Waals surface area contributed by atoms with Crippen LogP contribution in [0.4, 0.5) is 0 Å². The number of benzene rings is 1. The van der Waals surface area contributed by atoms with Crippen LogP contribution < -0.4 is 15.4 Å². The second-order valence-corrected chi connectivity index (χ2v) is 7.07. The van der Waals surface area contributed by atoms with Crippen molar-refractivity contribution in [2.45, 2.75) is 33.4 Å². The lowest BCUT2D eigenvalue weighted by Crippen LogP contribution is -2.50. The largest absolute Gasteiger partial charge is 0.497 e. The molecule has 2 N–H and O–H groups in total. The lowest BCUT2D eigenvalue weighted by molar-refractivity contribution is -0.0284. The smallest absolute Gasteiger partial charge is 0.191 e. The molecule has 1 saturated heterocycles. The van der Waals surface area contributed by atoms with Crippen molar-refractivity contribution in [3.05, 3.63) is 29.8 Å². The summed E-state index contributed by atoms with van der Waals surface area (Å²) in [4.78, 5) is 7.16. The van der Waals surface area contributed by atoms with E-state index in [4.69, 9.17) is 9.47 Å². The van der Waals surface area contributed by atoms with Gasteiger partial charge in [-0.25, -0.2) is 4.99 Å². The lowest BCUT2D eigenvalue weighted by atomic mass is 10.2. The first-order valence-corrected chi connectivity index (χ1v) is 9.59. The number of morpholine rings is 1. The van der Waals surface area contributed by atoms with Gasteiger partial charge in [0.15, 0.2) is 5.96 Å². The van der Waals surface area contributed by atoms with Crippen molar-refractivity contribution in [3.63, 3.8) is 0 Å². The lowest BCUT2D eigenvalue weighted by Gasteiger charge is -2.34. The number of methoxy groups -OCH3 is 1. The molecule has 1 heterocycles. The van der Waals surface area contributed by atoms with Crippen molar-refractivity contribution in [3.8, 4) is 5.75 Å². The summed E-state index contributed by atoms with van der Waals surface area (Å²) in [6, 6.07) is 8.01. The predicted octanol–water partition coefficient (Wildman–Crippen LogP) is 2.11. The van der Waals surface area contributed by atoms with Crippen molar-refractivity contribution >= 4 is 5.96 Å². The van der Waals surface area contributed by atoms with Crippen LogP contribution in [0.5, 0.6) is 5.75 Å². The summed E-state index contributed by atoms with van der Waals surface area (Å²) in [5, 5.41) is 6.72. The molecule has 1 unspecified atom stereocenters. The molecule has 0 bridgehead atoms. The fourth-order valence-corrected chi connectivity index (χ4v) is 3.04. The standard InChI is InChI=1S/C20H34N4O2/c1-5-21-20(22-12-17-6-8-18(25-4)9-7-17)23-13-19-15-24(10-11-26-19)14-16(2)3/h6-9,16,19H,5,10-15H2,1-4H3,(H2,21,22,23). The second kappa shape index (κ2) is 11.0. The summed E-state index contributed by atoms with van der Waals surface area (Å²) < 4.78 is 11.1. The molecule has 0 radical (unpaired) electrons. The highest BCUT2D eigenvalue weighted by Crippen LogP contribution is 2.12. The van der Waals surface area contributed by atoms with Gasteiger partial charge in [0.05, 0.1) is 26.4 Å². The third-order valence-electron chi connectivity index (χ3n) is 4.27. The molecule has 0 spiro atoms.